The van der Waals surface area contributed by atoms with Crippen LogP contribution in [0.25, 0.3) is 5.76 Å². The van der Waals surface area contributed by atoms with E-state index in [9.17, 15) is 29.6 Å². The number of carbonyl (C=O) groups excluding carboxylic acids is 3. The Kier molecular flexibility index (Phi) is 6.39. The first-order valence-corrected chi connectivity index (χ1v) is 10.8. The van der Waals surface area contributed by atoms with Crippen molar-refractivity contribution >= 4 is 29.1 Å². The molecular weight excluding hydrogens is 468 g/mol. The molecule has 0 unspecified atom stereocenters. The number of ketones is 1. The van der Waals surface area contributed by atoms with E-state index in [2.05, 4.69) is 9.97 Å². The first-order valence-electron chi connectivity index (χ1n) is 10.8. The van der Waals surface area contributed by atoms with Crippen molar-refractivity contribution in [2.45, 2.75) is 26.4 Å². The number of carbonyl (C=O) groups is 3. The molecule has 1 fully saturated rings. The number of aromatic nitrogens is 2. The van der Waals surface area contributed by atoms with Crippen LogP contribution in [0.4, 0.5) is 5.69 Å². The molecule has 1 amide bonds. The van der Waals surface area contributed by atoms with Gasteiger partial charge in [0.25, 0.3) is 17.4 Å². The fourth-order valence-electron chi connectivity index (χ4n) is 4.43. The van der Waals surface area contributed by atoms with E-state index in [1.807, 2.05) is 0 Å². The van der Waals surface area contributed by atoms with Crippen molar-refractivity contribution in [3.63, 3.8) is 0 Å². The second-order valence-corrected chi connectivity index (χ2v) is 8.26. The number of nitro groups is 1. The number of non-ortho nitro benzene ring substituents is 1. The van der Waals surface area contributed by atoms with Gasteiger partial charge in [0, 0.05) is 42.3 Å². The van der Waals surface area contributed by atoms with E-state index in [4.69, 9.17) is 4.74 Å². The Morgan fingerprint density at radius 3 is 2.64 bits per heavy atom. The van der Waals surface area contributed by atoms with E-state index in [0.717, 1.165) is 0 Å². The monoisotopic (exact) mass is 490 g/mol. The Hall–Kier alpha value is -4.80. The van der Waals surface area contributed by atoms with Gasteiger partial charge in [-0.25, -0.2) is 4.79 Å². The van der Waals surface area contributed by atoms with E-state index >= 15 is 0 Å². The molecule has 11 nitrogen and oxygen atoms in total. The van der Waals surface area contributed by atoms with Gasteiger partial charge in [0.1, 0.15) is 11.5 Å². The molecule has 1 aromatic carbocycles. The van der Waals surface area contributed by atoms with Crippen molar-refractivity contribution in [1.29, 1.82) is 0 Å². The maximum Gasteiger partial charge on any atom is 0.354 e. The van der Waals surface area contributed by atoms with Crippen LogP contribution >= 0.6 is 0 Å². The molecule has 4 rings (SSSR count). The minimum absolute atomic E-state index is 0.0267. The molecule has 0 aliphatic carbocycles. The van der Waals surface area contributed by atoms with Gasteiger partial charge in [-0.15, -0.1) is 0 Å². The molecule has 1 aliphatic rings. The molecule has 184 valence electrons. The molecule has 3 heterocycles. The summed E-state index contributed by atoms with van der Waals surface area (Å²) in [6.45, 7) is 3.14. The van der Waals surface area contributed by atoms with Gasteiger partial charge in [-0.3, -0.25) is 24.7 Å². The summed E-state index contributed by atoms with van der Waals surface area (Å²) in [4.78, 5) is 57.6. The number of aliphatic hydroxyl groups is 1. The molecule has 1 atom stereocenters. The van der Waals surface area contributed by atoms with E-state index < -0.39 is 34.4 Å². The molecule has 0 radical (unpaired) electrons. The van der Waals surface area contributed by atoms with Crippen LogP contribution in [-0.4, -0.2) is 49.7 Å². The first-order chi connectivity index (χ1) is 17.1. The van der Waals surface area contributed by atoms with Crippen LogP contribution in [-0.2, 0) is 20.9 Å². The van der Waals surface area contributed by atoms with E-state index in [1.54, 1.807) is 38.2 Å². The summed E-state index contributed by atoms with van der Waals surface area (Å²) in [5.74, 6) is -3.00. The fraction of sp³-hybridized carbons (Fsp3) is 0.200. The average molecular weight is 490 g/mol. The Morgan fingerprint density at radius 1 is 1.25 bits per heavy atom. The third-order valence-corrected chi connectivity index (χ3v) is 6.08. The number of ether oxygens (including phenoxy) is 1. The van der Waals surface area contributed by atoms with Gasteiger partial charge in [-0.2, -0.15) is 0 Å². The highest BCUT2D eigenvalue weighted by molar-refractivity contribution is 6.46. The van der Waals surface area contributed by atoms with Gasteiger partial charge in [0.15, 0.2) is 0 Å². The number of pyridine rings is 1. The van der Waals surface area contributed by atoms with E-state index in [-0.39, 0.29) is 34.6 Å². The van der Waals surface area contributed by atoms with Crippen LogP contribution in [0, 0.1) is 24.0 Å². The third kappa shape index (κ3) is 4.11. The molecular formula is C25H22N4O7. The standard InChI is InChI=1S/C25H22N4O7/c1-13-18(14(2)27-20(13)25(33)36-3)22(30)19-21(16-7-4-8-17(10-16)29(34)35)28(24(32)23(19)31)12-15-6-5-9-26-11-15/h4-11,21,27,30H,12H2,1-3H3/t21-/m0/s1. The number of nitrogens with one attached hydrogen (secondary N) is 1. The minimum atomic E-state index is -1.12. The SMILES string of the molecule is COC(=O)c1[nH]c(C)c(C(O)=C2C(=O)C(=O)N(Cc3cccnc3)[C@H]2c2cccc([N+](=O)[O-])c2)c1C. The van der Waals surface area contributed by atoms with Crippen LogP contribution < -0.4 is 0 Å². The zero-order valence-corrected chi connectivity index (χ0v) is 19.6. The highest BCUT2D eigenvalue weighted by atomic mass is 16.6. The van der Waals surface area contributed by atoms with Gasteiger partial charge < -0.3 is 19.7 Å². The summed E-state index contributed by atoms with van der Waals surface area (Å²) in [7, 11) is 1.21. The molecule has 2 aromatic heterocycles. The molecule has 3 aromatic rings. The van der Waals surface area contributed by atoms with Gasteiger partial charge in [0.2, 0.25) is 0 Å². The van der Waals surface area contributed by atoms with E-state index in [1.165, 1.54) is 36.4 Å². The highest BCUT2D eigenvalue weighted by Crippen LogP contribution is 2.42. The summed E-state index contributed by atoms with van der Waals surface area (Å²) >= 11 is 0. The maximum atomic E-state index is 13.3. The number of likely N-dealkylation sites (tertiary alicyclic amines) is 1. The topological polar surface area (TPSA) is 156 Å². The van der Waals surface area contributed by atoms with Gasteiger partial charge >= 0.3 is 5.97 Å². The van der Waals surface area contributed by atoms with Crippen molar-refractivity contribution in [1.82, 2.24) is 14.9 Å². The number of rotatable bonds is 6. The average Bonchev–Trinajstić information content (AvgIpc) is 3.31. The van der Waals surface area contributed by atoms with Crippen LogP contribution in [0.2, 0.25) is 0 Å². The number of hydrogen-bond donors (Lipinski definition) is 2. The number of Topliss-reactive ketones (excluding diaryl/α,β-unsaturated/α-hetero) is 1. The van der Waals surface area contributed by atoms with Crippen molar-refractivity contribution in [2.75, 3.05) is 7.11 Å². The van der Waals surface area contributed by atoms with Crippen molar-refractivity contribution in [2.24, 2.45) is 0 Å². The summed E-state index contributed by atoms with van der Waals surface area (Å²) in [5.41, 5.74) is 1.38. The van der Waals surface area contributed by atoms with Crippen LogP contribution in [0.5, 0.6) is 0 Å². The Bertz CT molecular complexity index is 1430. The molecule has 0 spiro atoms. The molecule has 0 bridgehead atoms. The first kappa shape index (κ1) is 24.3. The molecule has 0 saturated carbocycles. The predicted molar refractivity (Wildman–Crippen MR) is 127 cm³/mol. The lowest BCUT2D eigenvalue weighted by molar-refractivity contribution is -0.384. The smallest absolute Gasteiger partial charge is 0.354 e. The Balaban J connectivity index is 1.94. The van der Waals surface area contributed by atoms with Crippen LogP contribution in [0.3, 0.4) is 0 Å². The normalized spacial score (nSPS) is 16.9. The van der Waals surface area contributed by atoms with Gasteiger partial charge in [-0.05, 0) is 36.6 Å². The lowest BCUT2D eigenvalue weighted by Crippen LogP contribution is -2.29. The number of aromatic amines is 1. The lowest BCUT2D eigenvalue weighted by Gasteiger charge is -2.25. The Labute approximate surface area is 205 Å². The lowest BCUT2D eigenvalue weighted by atomic mass is 9.93. The number of aliphatic hydroxyl groups excluding tert-OH is 1. The van der Waals surface area contributed by atoms with Gasteiger partial charge in [0.05, 0.1) is 23.6 Å². The number of benzene rings is 1. The highest BCUT2D eigenvalue weighted by Gasteiger charge is 2.47. The molecule has 1 saturated heterocycles. The Morgan fingerprint density at radius 2 is 2.00 bits per heavy atom. The largest absolute Gasteiger partial charge is 0.507 e. The second kappa shape index (κ2) is 9.45. The predicted octanol–water partition coefficient (Wildman–Crippen LogP) is 3.34. The molecule has 1 aliphatic heterocycles. The zero-order valence-electron chi connectivity index (χ0n) is 19.6. The number of methoxy groups -OCH3 is 1. The molecule has 36 heavy (non-hydrogen) atoms. The number of nitro benzene ring substituents is 1. The summed E-state index contributed by atoms with van der Waals surface area (Å²) in [5, 5.41) is 22.8. The minimum Gasteiger partial charge on any atom is -0.507 e. The number of esters is 1. The van der Waals surface area contributed by atoms with Crippen LogP contribution in [0.1, 0.15) is 44.5 Å². The fourth-order valence-corrected chi connectivity index (χ4v) is 4.43. The molecule has 2 N–H and O–H groups in total. The number of nitrogens with zero attached hydrogens (tertiary/aromatic N) is 3. The number of aryl methyl sites for hydroxylation is 1. The number of H-pyrrole nitrogens is 1. The van der Waals surface area contributed by atoms with Crippen molar-refractivity contribution in [3.05, 3.63) is 98.1 Å². The zero-order chi connectivity index (χ0) is 26.1. The van der Waals surface area contributed by atoms with Crippen molar-refractivity contribution in [3.8, 4) is 0 Å². The third-order valence-electron chi connectivity index (χ3n) is 6.08. The quantitative estimate of drug-likeness (QED) is 0.133. The van der Waals surface area contributed by atoms with Crippen molar-refractivity contribution < 1.29 is 29.2 Å². The van der Waals surface area contributed by atoms with Crippen LogP contribution in [0.15, 0.2) is 54.4 Å². The second-order valence-electron chi connectivity index (χ2n) is 8.26. The maximum absolute atomic E-state index is 13.3. The summed E-state index contributed by atoms with van der Waals surface area (Å²) < 4.78 is 4.77. The number of amides is 1. The molecule has 11 heteroatoms. The van der Waals surface area contributed by atoms with E-state index in [0.29, 0.717) is 16.8 Å². The summed E-state index contributed by atoms with van der Waals surface area (Å²) in [6, 6.07) is 7.82. The summed E-state index contributed by atoms with van der Waals surface area (Å²) in [6.07, 6.45) is 3.10. The van der Waals surface area contributed by atoms with Gasteiger partial charge in [-0.1, -0.05) is 18.2 Å². The number of hydrogen-bond acceptors (Lipinski definition) is 8.